The molecular formula is C17H17N3O3. The molecule has 2 N–H and O–H groups in total. The number of carbonyl (C=O) groups excluding carboxylic acids is 2. The zero-order valence-electron chi connectivity index (χ0n) is 12.6. The largest absolute Gasteiger partial charge is 0.445 e. The van der Waals surface area contributed by atoms with Crippen LogP contribution in [-0.4, -0.2) is 24.1 Å². The molecule has 0 bridgehead atoms. The Morgan fingerprint density at radius 2 is 2.13 bits per heavy atom. The van der Waals surface area contributed by atoms with Gasteiger partial charge in [0.2, 0.25) is 0 Å². The van der Waals surface area contributed by atoms with Gasteiger partial charge in [-0.15, -0.1) is 5.92 Å². The first-order valence-corrected chi connectivity index (χ1v) is 7.30. The van der Waals surface area contributed by atoms with E-state index in [0.29, 0.717) is 19.3 Å². The predicted molar refractivity (Wildman–Crippen MR) is 82.7 cm³/mol. The fourth-order valence-electron chi connectivity index (χ4n) is 2.24. The van der Waals surface area contributed by atoms with Crippen molar-refractivity contribution in [3.05, 3.63) is 35.9 Å². The van der Waals surface area contributed by atoms with Crippen LogP contribution in [0.15, 0.2) is 30.3 Å². The second-order valence-corrected chi connectivity index (χ2v) is 5.09. The Bertz CT molecular complexity index is 670. The number of nitrogens with zero attached hydrogens (tertiary/aromatic N) is 1. The van der Waals surface area contributed by atoms with Gasteiger partial charge in [0, 0.05) is 6.42 Å². The monoisotopic (exact) mass is 311 g/mol. The highest BCUT2D eigenvalue weighted by Gasteiger charge is 2.39. The number of hydrogen-bond donors (Lipinski definition) is 2. The van der Waals surface area contributed by atoms with Crippen molar-refractivity contribution in [1.82, 2.24) is 10.6 Å². The number of carbonyl (C=O) groups is 2. The first-order chi connectivity index (χ1) is 11.2. The topological polar surface area (TPSA) is 91.2 Å². The first-order valence-electron chi connectivity index (χ1n) is 7.30. The van der Waals surface area contributed by atoms with Crippen molar-refractivity contribution in [3.8, 4) is 17.9 Å². The summed E-state index contributed by atoms with van der Waals surface area (Å²) in [5.74, 6) is 5.15. The van der Waals surface area contributed by atoms with Crippen LogP contribution in [-0.2, 0) is 16.1 Å². The molecule has 2 rings (SSSR count). The molecule has 1 unspecified atom stereocenters. The van der Waals surface area contributed by atoms with Gasteiger partial charge in [0.25, 0.3) is 5.91 Å². The smallest absolute Gasteiger partial charge is 0.409 e. The highest BCUT2D eigenvalue weighted by atomic mass is 16.5. The van der Waals surface area contributed by atoms with Crippen LogP contribution in [0, 0.1) is 23.2 Å². The molecule has 0 heterocycles. The molecule has 0 fully saturated rings. The zero-order valence-corrected chi connectivity index (χ0v) is 12.6. The van der Waals surface area contributed by atoms with E-state index in [0.717, 1.165) is 5.56 Å². The Kier molecular flexibility index (Phi) is 5.60. The summed E-state index contributed by atoms with van der Waals surface area (Å²) >= 11 is 0. The van der Waals surface area contributed by atoms with Crippen molar-refractivity contribution in [1.29, 1.82) is 5.26 Å². The molecule has 6 heteroatoms. The van der Waals surface area contributed by atoms with Crippen LogP contribution in [0.2, 0.25) is 0 Å². The van der Waals surface area contributed by atoms with Gasteiger partial charge in [-0.2, -0.15) is 5.26 Å². The maximum atomic E-state index is 12.3. The van der Waals surface area contributed by atoms with E-state index in [1.54, 1.807) is 0 Å². The molecule has 1 aromatic rings. The molecule has 0 saturated heterocycles. The number of ether oxygens (including phenoxy) is 1. The minimum Gasteiger partial charge on any atom is -0.445 e. The Labute approximate surface area is 134 Å². The van der Waals surface area contributed by atoms with Gasteiger partial charge in [0.15, 0.2) is 5.54 Å². The van der Waals surface area contributed by atoms with Gasteiger partial charge < -0.3 is 10.1 Å². The second-order valence-electron chi connectivity index (χ2n) is 5.09. The number of nitriles is 1. The lowest BCUT2D eigenvalue weighted by atomic mass is 9.88. The van der Waals surface area contributed by atoms with Crippen LogP contribution in [0.5, 0.6) is 0 Å². The number of rotatable bonds is 5. The molecule has 0 aliphatic heterocycles. The number of nitrogens with one attached hydrogen (secondary N) is 2. The Balaban J connectivity index is 2.00. The SMILES string of the molecule is N#CCNC(=O)C1(NC(=O)OCc2ccccc2)C#CCCC1. The minimum atomic E-state index is -1.33. The van der Waals surface area contributed by atoms with Gasteiger partial charge in [0.05, 0.1) is 6.07 Å². The number of hydrogen-bond acceptors (Lipinski definition) is 4. The highest BCUT2D eigenvalue weighted by Crippen LogP contribution is 2.18. The van der Waals surface area contributed by atoms with Gasteiger partial charge in [-0.05, 0) is 18.4 Å². The summed E-state index contributed by atoms with van der Waals surface area (Å²) in [6.45, 7) is -0.0288. The normalized spacial score (nSPS) is 18.7. The summed E-state index contributed by atoms with van der Waals surface area (Å²) in [6, 6.07) is 11.1. The molecule has 0 spiro atoms. The zero-order chi connectivity index (χ0) is 16.5. The standard InChI is InChI=1S/C17H17N3O3/c18-11-12-19-15(21)17(9-5-2-6-10-17)20-16(22)23-13-14-7-3-1-4-8-14/h1,3-4,7-8H,2,5,9,12-13H2,(H,19,21)(H,20,22). The second kappa shape index (κ2) is 7.86. The average Bonchev–Trinajstić information content (AvgIpc) is 2.59. The maximum Gasteiger partial charge on any atom is 0.409 e. The van der Waals surface area contributed by atoms with Gasteiger partial charge in [-0.1, -0.05) is 36.3 Å². The Hall–Kier alpha value is -2.99. The van der Waals surface area contributed by atoms with E-state index >= 15 is 0 Å². The minimum absolute atomic E-state index is 0.107. The van der Waals surface area contributed by atoms with E-state index in [-0.39, 0.29) is 13.2 Å². The summed E-state index contributed by atoms with van der Waals surface area (Å²) in [5, 5.41) is 13.6. The third kappa shape index (κ3) is 4.49. The van der Waals surface area contributed by atoms with Crippen LogP contribution in [0.4, 0.5) is 4.79 Å². The number of benzene rings is 1. The van der Waals surface area contributed by atoms with Crippen molar-refractivity contribution in [2.24, 2.45) is 0 Å². The third-order valence-electron chi connectivity index (χ3n) is 3.40. The van der Waals surface area contributed by atoms with Crippen molar-refractivity contribution < 1.29 is 14.3 Å². The third-order valence-corrected chi connectivity index (χ3v) is 3.40. The lowest BCUT2D eigenvalue weighted by Gasteiger charge is -2.29. The molecule has 0 saturated carbocycles. The van der Waals surface area contributed by atoms with Crippen LogP contribution in [0.1, 0.15) is 24.8 Å². The van der Waals surface area contributed by atoms with E-state index < -0.39 is 17.5 Å². The molecule has 1 aromatic carbocycles. The molecular weight excluding hydrogens is 294 g/mol. The lowest BCUT2D eigenvalue weighted by molar-refractivity contribution is -0.125. The molecule has 23 heavy (non-hydrogen) atoms. The molecule has 6 nitrogen and oxygen atoms in total. The van der Waals surface area contributed by atoms with Crippen molar-refractivity contribution >= 4 is 12.0 Å². The molecule has 1 aliphatic rings. The van der Waals surface area contributed by atoms with E-state index in [4.69, 9.17) is 10.00 Å². The highest BCUT2D eigenvalue weighted by molar-refractivity contribution is 5.93. The van der Waals surface area contributed by atoms with E-state index in [2.05, 4.69) is 22.5 Å². The summed E-state index contributed by atoms with van der Waals surface area (Å²) < 4.78 is 5.15. The van der Waals surface area contributed by atoms with Crippen molar-refractivity contribution in [2.75, 3.05) is 6.54 Å². The first kappa shape index (κ1) is 16.4. The van der Waals surface area contributed by atoms with Crippen LogP contribution >= 0.6 is 0 Å². The Morgan fingerprint density at radius 3 is 2.78 bits per heavy atom. The van der Waals surface area contributed by atoms with Crippen molar-refractivity contribution in [3.63, 3.8) is 0 Å². The number of amides is 2. The van der Waals surface area contributed by atoms with Crippen molar-refractivity contribution in [2.45, 2.75) is 31.4 Å². The van der Waals surface area contributed by atoms with Gasteiger partial charge >= 0.3 is 6.09 Å². The summed E-state index contributed by atoms with van der Waals surface area (Å²) in [4.78, 5) is 24.3. The lowest BCUT2D eigenvalue weighted by Crippen LogP contribution is -2.58. The number of alkyl carbamates (subject to hydrolysis) is 1. The van der Waals surface area contributed by atoms with E-state index in [1.807, 2.05) is 36.4 Å². The van der Waals surface area contributed by atoms with Crippen LogP contribution in [0.25, 0.3) is 0 Å². The van der Waals surface area contributed by atoms with Crippen LogP contribution < -0.4 is 10.6 Å². The fraction of sp³-hybridized carbons (Fsp3) is 0.353. The Morgan fingerprint density at radius 1 is 1.35 bits per heavy atom. The molecule has 0 radical (unpaired) electrons. The average molecular weight is 311 g/mol. The van der Waals surface area contributed by atoms with Gasteiger partial charge in [-0.25, -0.2) is 4.79 Å². The molecule has 2 amide bonds. The molecule has 118 valence electrons. The quantitative estimate of drug-likeness (QED) is 0.636. The van der Waals surface area contributed by atoms with E-state index in [9.17, 15) is 9.59 Å². The predicted octanol–water partition coefficient (Wildman–Crippen LogP) is 1.48. The van der Waals surface area contributed by atoms with Crippen LogP contribution in [0.3, 0.4) is 0 Å². The molecule has 1 atom stereocenters. The maximum absolute atomic E-state index is 12.3. The fourth-order valence-corrected chi connectivity index (χ4v) is 2.24. The molecule has 1 aliphatic carbocycles. The van der Waals surface area contributed by atoms with Gasteiger partial charge in [0.1, 0.15) is 13.2 Å². The summed E-state index contributed by atoms with van der Waals surface area (Å²) in [5.41, 5.74) is -0.483. The summed E-state index contributed by atoms with van der Waals surface area (Å²) in [7, 11) is 0. The molecule has 0 aromatic heterocycles. The summed E-state index contributed by atoms with van der Waals surface area (Å²) in [6.07, 6.45) is 1.04. The van der Waals surface area contributed by atoms with Gasteiger partial charge in [-0.3, -0.25) is 10.1 Å². The van der Waals surface area contributed by atoms with E-state index in [1.165, 1.54) is 0 Å².